The molecule has 0 aliphatic rings. The number of ether oxygens (including phenoxy) is 1. The molecule has 2 N–H and O–H groups in total. The second kappa shape index (κ2) is 9.62. The third-order valence-electron chi connectivity index (χ3n) is 3.41. The first-order valence-corrected chi connectivity index (χ1v) is 8.91. The molecule has 0 bridgehead atoms. The maximum atomic E-state index is 12.0. The van der Waals surface area contributed by atoms with Gasteiger partial charge in [0.05, 0.1) is 18.4 Å². The van der Waals surface area contributed by atoms with Crippen molar-refractivity contribution in [2.45, 2.75) is 18.4 Å². The van der Waals surface area contributed by atoms with Crippen molar-refractivity contribution in [3.63, 3.8) is 0 Å². The number of esters is 1. The van der Waals surface area contributed by atoms with Crippen molar-refractivity contribution in [2.75, 3.05) is 18.2 Å². The van der Waals surface area contributed by atoms with Crippen LogP contribution in [0.5, 0.6) is 0 Å². The first kappa shape index (κ1) is 19.5. The maximum absolute atomic E-state index is 12.0. The number of hydrogen-bond acceptors (Lipinski definition) is 5. The van der Waals surface area contributed by atoms with Crippen LogP contribution in [0.2, 0.25) is 0 Å². The van der Waals surface area contributed by atoms with Crippen LogP contribution in [-0.4, -0.2) is 30.6 Å². The van der Waals surface area contributed by atoms with Crippen LogP contribution in [-0.2, 0) is 20.9 Å². The van der Waals surface area contributed by atoms with E-state index in [0.717, 1.165) is 16.1 Å². The smallest absolute Gasteiger partial charge is 0.337 e. The first-order valence-electron chi connectivity index (χ1n) is 7.92. The molecule has 0 radical (unpaired) electrons. The summed E-state index contributed by atoms with van der Waals surface area (Å²) in [4.78, 5) is 35.2. The van der Waals surface area contributed by atoms with E-state index in [9.17, 15) is 14.4 Å². The molecule has 136 valence electrons. The van der Waals surface area contributed by atoms with Crippen LogP contribution >= 0.6 is 11.8 Å². The van der Waals surface area contributed by atoms with Gasteiger partial charge in [-0.1, -0.05) is 12.1 Å². The van der Waals surface area contributed by atoms with E-state index in [4.69, 9.17) is 0 Å². The van der Waals surface area contributed by atoms with Gasteiger partial charge in [-0.2, -0.15) is 0 Å². The van der Waals surface area contributed by atoms with Crippen LogP contribution in [0.25, 0.3) is 0 Å². The quantitative estimate of drug-likeness (QED) is 0.577. The Balaban J connectivity index is 1.76. The Morgan fingerprint density at radius 3 is 2.23 bits per heavy atom. The van der Waals surface area contributed by atoms with Gasteiger partial charge in [0, 0.05) is 24.1 Å². The number of carbonyl (C=O) groups is 3. The molecule has 0 spiro atoms. The fourth-order valence-corrected chi connectivity index (χ4v) is 2.84. The molecule has 0 aliphatic carbocycles. The van der Waals surface area contributed by atoms with Gasteiger partial charge in [0.2, 0.25) is 11.8 Å². The molecule has 26 heavy (non-hydrogen) atoms. The highest BCUT2D eigenvalue weighted by Gasteiger charge is 2.06. The van der Waals surface area contributed by atoms with E-state index in [1.807, 2.05) is 12.1 Å². The van der Waals surface area contributed by atoms with E-state index in [1.165, 1.54) is 25.8 Å². The van der Waals surface area contributed by atoms with E-state index in [1.54, 1.807) is 36.4 Å². The largest absolute Gasteiger partial charge is 0.465 e. The van der Waals surface area contributed by atoms with E-state index >= 15 is 0 Å². The molecule has 2 aromatic rings. The number of anilines is 1. The molecule has 0 saturated heterocycles. The van der Waals surface area contributed by atoms with Gasteiger partial charge in [0.15, 0.2) is 0 Å². The van der Waals surface area contributed by atoms with Crippen LogP contribution < -0.4 is 10.6 Å². The summed E-state index contributed by atoms with van der Waals surface area (Å²) in [6.07, 6.45) is 0. The Hall–Kier alpha value is -2.80. The highest BCUT2D eigenvalue weighted by atomic mass is 32.2. The molecular weight excluding hydrogens is 352 g/mol. The van der Waals surface area contributed by atoms with Crippen molar-refractivity contribution in [1.82, 2.24) is 5.32 Å². The van der Waals surface area contributed by atoms with E-state index in [0.29, 0.717) is 17.9 Å². The minimum Gasteiger partial charge on any atom is -0.465 e. The summed E-state index contributed by atoms with van der Waals surface area (Å²) in [5.41, 5.74) is 2.10. The lowest BCUT2D eigenvalue weighted by Crippen LogP contribution is -2.24. The maximum Gasteiger partial charge on any atom is 0.337 e. The Labute approximate surface area is 156 Å². The SMILES string of the molecule is COC(=O)c1ccc(CNC(=O)CSc2ccc(NC(C)=O)cc2)cc1. The number of nitrogens with one attached hydrogen (secondary N) is 2. The monoisotopic (exact) mass is 372 g/mol. The number of rotatable bonds is 7. The highest BCUT2D eigenvalue weighted by Crippen LogP contribution is 2.20. The third kappa shape index (κ3) is 6.25. The minimum absolute atomic E-state index is 0.0852. The summed E-state index contributed by atoms with van der Waals surface area (Å²) >= 11 is 1.41. The zero-order valence-electron chi connectivity index (χ0n) is 14.6. The number of thioether (sulfide) groups is 1. The van der Waals surface area contributed by atoms with Gasteiger partial charge in [-0.3, -0.25) is 9.59 Å². The van der Waals surface area contributed by atoms with Crippen molar-refractivity contribution < 1.29 is 19.1 Å². The summed E-state index contributed by atoms with van der Waals surface area (Å²) in [6.45, 7) is 1.85. The van der Waals surface area contributed by atoms with E-state index in [2.05, 4.69) is 15.4 Å². The number of benzene rings is 2. The molecule has 0 aliphatic heterocycles. The molecule has 2 aromatic carbocycles. The van der Waals surface area contributed by atoms with Gasteiger partial charge in [0.25, 0.3) is 0 Å². The highest BCUT2D eigenvalue weighted by molar-refractivity contribution is 8.00. The second-order valence-electron chi connectivity index (χ2n) is 5.46. The molecule has 6 nitrogen and oxygen atoms in total. The molecule has 0 heterocycles. The van der Waals surface area contributed by atoms with Gasteiger partial charge in [-0.15, -0.1) is 11.8 Å². The summed E-state index contributed by atoms with van der Waals surface area (Å²) in [5.74, 6) is -0.302. The summed E-state index contributed by atoms with van der Waals surface area (Å²) in [5, 5.41) is 5.53. The van der Waals surface area contributed by atoms with E-state index < -0.39 is 0 Å². The molecular formula is C19H20N2O4S. The lowest BCUT2D eigenvalue weighted by Gasteiger charge is -2.07. The fourth-order valence-electron chi connectivity index (χ4n) is 2.11. The third-order valence-corrected chi connectivity index (χ3v) is 4.42. The number of amides is 2. The summed E-state index contributed by atoms with van der Waals surface area (Å²) in [7, 11) is 1.33. The average molecular weight is 372 g/mol. The molecule has 0 aromatic heterocycles. The van der Waals surface area contributed by atoms with Crippen LogP contribution in [0.15, 0.2) is 53.4 Å². The zero-order chi connectivity index (χ0) is 18.9. The van der Waals surface area contributed by atoms with Crippen molar-refractivity contribution in [1.29, 1.82) is 0 Å². The lowest BCUT2D eigenvalue weighted by atomic mass is 10.1. The standard InChI is InChI=1S/C19H20N2O4S/c1-13(22)21-16-7-9-17(10-8-16)26-12-18(23)20-11-14-3-5-15(6-4-14)19(24)25-2/h3-10H,11-12H2,1-2H3,(H,20,23)(H,21,22). The van der Waals surface area contributed by atoms with Crippen LogP contribution in [0, 0.1) is 0 Å². The average Bonchev–Trinajstić information content (AvgIpc) is 2.65. The molecule has 0 atom stereocenters. The van der Waals surface area contributed by atoms with Gasteiger partial charge in [-0.25, -0.2) is 4.79 Å². The second-order valence-corrected chi connectivity index (χ2v) is 6.51. The number of carbonyl (C=O) groups excluding carboxylic acids is 3. The Kier molecular flexibility index (Phi) is 7.23. The normalized spacial score (nSPS) is 10.1. The molecule has 0 unspecified atom stereocenters. The first-order chi connectivity index (χ1) is 12.5. The van der Waals surface area contributed by atoms with Gasteiger partial charge in [-0.05, 0) is 42.0 Å². The Morgan fingerprint density at radius 1 is 1.00 bits per heavy atom. The topological polar surface area (TPSA) is 84.5 Å². The zero-order valence-corrected chi connectivity index (χ0v) is 15.4. The summed E-state index contributed by atoms with van der Waals surface area (Å²) in [6, 6.07) is 14.2. The van der Waals surface area contributed by atoms with Crippen molar-refractivity contribution in [3.05, 3.63) is 59.7 Å². The number of hydrogen-bond donors (Lipinski definition) is 2. The Bertz CT molecular complexity index is 773. The van der Waals surface area contributed by atoms with Crippen LogP contribution in [0.1, 0.15) is 22.8 Å². The minimum atomic E-state index is -0.387. The molecule has 7 heteroatoms. The van der Waals surface area contributed by atoms with Gasteiger partial charge < -0.3 is 15.4 Å². The Morgan fingerprint density at radius 2 is 1.65 bits per heavy atom. The molecule has 0 fully saturated rings. The van der Waals surface area contributed by atoms with Crippen molar-refractivity contribution in [2.24, 2.45) is 0 Å². The predicted molar refractivity (Wildman–Crippen MR) is 101 cm³/mol. The van der Waals surface area contributed by atoms with Crippen molar-refractivity contribution >= 4 is 35.2 Å². The molecule has 0 saturated carbocycles. The predicted octanol–water partition coefficient (Wildman–Crippen LogP) is 2.84. The number of methoxy groups -OCH3 is 1. The van der Waals surface area contributed by atoms with Crippen LogP contribution in [0.3, 0.4) is 0 Å². The van der Waals surface area contributed by atoms with E-state index in [-0.39, 0.29) is 17.8 Å². The molecule has 2 rings (SSSR count). The van der Waals surface area contributed by atoms with Gasteiger partial charge in [0.1, 0.15) is 0 Å². The molecule has 2 amide bonds. The summed E-state index contributed by atoms with van der Waals surface area (Å²) < 4.78 is 4.64. The lowest BCUT2D eigenvalue weighted by molar-refractivity contribution is -0.118. The van der Waals surface area contributed by atoms with Gasteiger partial charge >= 0.3 is 5.97 Å². The fraction of sp³-hybridized carbons (Fsp3) is 0.211. The van der Waals surface area contributed by atoms with Crippen molar-refractivity contribution in [3.8, 4) is 0 Å². The van der Waals surface area contributed by atoms with Crippen LogP contribution in [0.4, 0.5) is 5.69 Å².